The molecule has 0 fully saturated rings. The summed E-state index contributed by atoms with van der Waals surface area (Å²) in [6, 6.07) is 5.06. The van der Waals surface area contributed by atoms with Crippen LogP contribution in [0.1, 0.15) is 174 Å². The van der Waals surface area contributed by atoms with E-state index in [0.717, 1.165) is 0 Å². The van der Waals surface area contributed by atoms with E-state index in [4.69, 9.17) is 0 Å². The molecule has 0 spiro atoms. The Morgan fingerprint density at radius 3 is 1.18 bits per heavy atom. The second-order valence-electron chi connectivity index (χ2n) is 14.1. The van der Waals surface area contributed by atoms with Crippen molar-refractivity contribution in [1.29, 1.82) is 0 Å². The van der Waals surface area contributed by atoms with E-state index < -0.39 is 7.92 Å². The lowest BCUT2D eigenvalue weighted by Gasteiger charge is -2.45. The van der Waals surface area contributed by atoms with Gasteiger partial charge in [-0.25, -0.2) is 0 Å². The summed E-state index contributed by atoms with van der Waals surface area (Å²) in [4.78, 5) is 0. The monoisotopic (exact) mass is 554 g/mol. The standard InChI is InChI=1S/C33H53P.C3H8.C2H6/c1-19(2)26-17-27(20(3)4)30(28(18-26)21(5)6)29-24(9)22(7)23(8)25(10)31(29)34(32(11,12)13)33(14,15)16;1-3-2;1-2/h17-21H,1-16H3;3H2,1-2H3;1-2H3. The molecular weight excluding hydrogens is 487 g/mol. The molecule has 0 atom stereocenters. The fraction of sp³-hybridized carbons (Fsp3) is 0.684. The van der Waals surface area contributed by atoms with Gasteiger partial charge in [-0.1, -0.05) is 137 Å². The van der Waals surface area contributed by atoms with Gasteiger partial charge >= 0.3 is 0 Å². The minimum atomic E-state index is -0.431. The van der Waals surface area contributed by atoms with Crippen molar-refractivity contribution in [3.8, 4) is 11.1 Å². The summed E-state index contributed by atoms with van der Waals surface area (Å²) in [7, 11) is -0.431. The highest BCUT2D eigenvalue weighted by atomic mass is 31.1. The van der Waals surface area contributed by atoms with Gasteiger partial charge in [0.05, 0.1) is 0 Å². The zero-order chi connectivity index (χ0) is 31.2. The summed E-state index contributed by atoms with van der Waals surface area (Å²) >= 11 is 0. The van der Waals surface area contributed by atoms with Crippen molar-refractivity contribution in [1.82, 2.24) is 0 Å². The van der Waals surface area contributed by atoms with E-state index in [2.05, 4.69) is 137 Å². The summed E-state index contributed by atoms with van der Waals surface area (Å²) in [6.07, 6.45) is 1.25. The van der Waals surface area contributed by atoms with Crippen LogP contribution in [0.3, 0.4) is 0 Å². The molecule has 0 unspecified atom stereocenters. The smallest absolute Gasteiger partial charge is 0.00660 e. The fourth-order valence-corrected chi connectivity index (χ4v) is 10.2. The second kappa shape index (κ2) is 15.2. The lowest BCUT2D eigenvalue weighted by atomic mass is 9.79. The van der Waals surface area contributed by atoms with Crippen molar-refractivity contribution in [2.24, 2.45) is 0 Å². The van der Waals surface area contributed by atoms with Crippen LogP contribution in [0, 0.1) is 27.7 Å². The SMILES string of the molecule is CC.CCC.Cc1c(C)c(C)c(P(C(C)(C)C)C(C)(C)C)c(-c2c(C(C)C)cc(C(C)C)cc2C(C)C)c1C. The zero-order valence-electron chi connectivity index (χ0n) is 30.0. The molecule has 1 heteroatoms. The third-order valence-corrected chi connectivity index (χ3v) is 11.3. The lowest BCUT2D eigenvalue weighted by molar-refractivity contribution is 0.714. The first-order valence-corrected chi connectivity index (χ1v) is 17.2. The molecular formula is C38H67P. The largest absolute Gasteiger partial charge is 0.0683 e. The van der Waals surface area contributed by atoms with E-state index in [1.165, 1.54) is 50.9 Å². The number of hydrogen-bond acceptors (Lipinski definition) is 0. The van der Waals surface area contributed by atoms with Gasteiger partial charge in [0.15, 0.2) is 0 Å². The van der Waals surface area contributed by atoms with Crippen molar-refractivity contribution in [3.05, 3.63) is 51.1 Å². The Balaban J connectivity index is 0.00000269. The van der Waals surface area contributed by atoms with Gasteiger partial charge in [0.25, 0.3) is 0 Å². The predicted molar refractivity (Wildman–Crippen MR) is 186 cm³/mol. The van der Waals surface area contributed by atoms with Crippen LogP contribution in [0.5, 0.6) is 0 Å². The van der Waals surface area contributed by atoms with Crippen molar-refractivity contribution >= 4 is 13.2 Å². The van der Waals surface area contributed by atoms with E-state index in [1.807, 2.05) is 13.8 Å². The molecule has 0 nitrogen and oxygen atoms in total. The average Bonchev–Trinajstić information content (AvgIpc) is 2.80. The number of rotatable bonds is 5. The third-order valence-electron chi connectivity index (χ3n) is 7.60. The molecule has 0 bridgehead atoms. The number of benzene rings is 2. The molecule has 2 aromatic rings. The van der Waals surface area contributed by atoms with Crippen LogP contribution >= 0.6 is 7.92 Å². The molecule has 0 aliphatic heterocycles. The second-order valence-corrected chi connectivity index (χ2v) is 17.9. The summed E-state index contributed by atoms with van der Waals surface area (Å²) in [5, 5.41) is 2.08. The van der Waals surface area contributed by atoms with Gasteiger partial charge in [-0.3, -0.25) is 0 Å². The van der Waals surface area contributed by atoms with Gasteiger partial charge in [-0.15, -0.1) is 0 Å². The van der Waals surface area contributed by atoms with Gasteiger partial charge in [0.2, 0.25) is 0 Å². The highest BCUT2D eigenvalue weighted by Crippen LogP contribution is 2.61. The minimum absolute atomic E-state index is 0.217. The molecule has 0 saturated carbocycles. The lowest BCUT2D eigenvalue weighted by Crippen LogP contribution is -2.34. The number of hydrogen-bond donors (Lipinski definition) is 0. The van der Waals surface area contributed by atoms with Gasteiger partial charge in [0.1, 0.15) is 0 Å². The average molecular weight is 555 g/mol. The summed E-state index contributed by atoms with van der Waals surface area (Å²) in [6.45, 7) is 46.7. The molecule has 39 heavy (non-hydrogen) atoms. The third kappa shape index (κ3) is 8.93. The molecule has 224 valence electrons. The Bertz CT molecular complexity index is 1010. The van der Waals surface area contributed by atoms with Crippen LogP contribution in [-0.2, 0) is 0 Å². The molecule has 0 saturated heterocycles. The van der Waals surface area contributed by atoms with Gasteiger partial charge in [0, 0.05) is 0 Å². The Kier molecular flexibility index (Phi) is 14.8. The van der Waals surface area contributed by atoms with Crippen molar-refractivity contribution in [2.75, 3.05) is 0 Å². The van der Waals surface area contributed by atoms with E-state index in [0.29, 0.717) is 17.8 Å². The normalized spacial score (nSPS) is 12.1. The molecule has 0 radical (unpaired) electrons. The summed E-state index contributed by atoms with van der Waals surface area (Å²) in [5.74, 6) is 1.50. The molecule has 2 aromatic carbocycles. The van der Waals surface area contributed by atoms with E-state index >= 15 is 0 Å². The van der Waals surface area contributed by atoms with Crippen molar-refractivity contribution in [2.45, 2.75) is 173 Å². The molecule has 0 N–H and O–H groups in total. The maximum Gasteiger partial charge on any atom is -0.00660 e. The van der Waals surface area contributed by atoms with E-state index in [1.54, 1.807) is 10.9 Å². The Morgan fingerprint density at radius 2 is 0.897 bits per heavy atom. The van der Waals surface area contributed by atoms with Crippen LogP contribution in [-0.4, -0.2) is 10.3 Å². The highest BCUT2D eigenvalue weighted by Gasteiger charge is 2.39. The molecule has 0 heterocycles. The first kappa shape index (κ1) is 37.9. The van der Waals surface area contributed by atoms with Crippen LogP contribution in [0.15, 0.2) is 12.1 Å². The molecule has 2 rings (SSSR count). The molecule has 0 aliphatic carbocycles. The summed E-state index contributed by atoms with van der Waals surface area (Å²) in [5.41, 5.74) is 13.6. The van der Waals surface area contributed by atoms with Crippen molar-refractivity contribution in [3.63, 3.8) is 0 Å². The molecule has 0 aliphatic rings. The van der Waals surface area contributed by atoms with Crippen molar-refractivity contribution < 1.29 is 0 Å². The van der Waals surface area contributed by atoms with Gasteiger partial charge in [-0.2, -0.15) is 0 Å². The predicted octanol–water partition coefficient (Wildman–Crippen LogP) is 13.1. The molecule has 0 amide bonds. The van der Waals surface area contributed by atoms with Gasteiger partial charge in [-0.05, 0) is 111 Å². The van der Waals surface area contributed by atoms with E-state index in [9.17, 15) is 0 Å². The van der Waals surface area contributed by atoms with Crippen LogP contribution in [0.25, 0.3) is 11.1 Å². The van der Waals surface area contributed by atoms with Crippen LogP contribution in [0.2, 0.25) is 0 Å². The quantitative estimate of drug-likeness (QED) is 0.322. The van der Waals surface area contributed by atoms with E-state index in [-0.39, 0.29) is 10.3 Å². The highest BCUT2D eigenvalue weighted by molar-refractivity contribution is 7.69. The van der Waals surface area contributed by atoms with Crippen LogP contribution < -0.4 is 5.30 Å². The Labute approximate surface area is 247 Å². The fourth-order valence-electron chi connectivity index (χ4n) is 5.80. The first-order chi connectivity index (χ1) is 17.7. The first-order valence-electron chi connectivity index (χ1n) is 15.8. The zero-order valence-corrected chi connectivity index (χ0v) is 30.9. The topological polar surface area (TPSA) is 0 Å². The maximum atomic E-state index is 2.53. The maximum absolute atomic E-state index is 2.53. The minimum Gasteiger partial charge on any atom is -0.0683 e. The summed E-state index contributed by atoms with van der Waals surface area (Å²) < 4.78 is 0. The van der Waals surface area contributed by atoms with Gasteiger partial charge < -0.3 is 0 Å². The Hall–Kier alpha value is -1.13. The van der Waals surface area contributed by atoms with Crippen LogP contribution in [0.4, 0.5) is 0 Å². The Morgan fingerprint density at radius 1 is 0.564 bits per heavy atom. The molecule has 0 aromatic heterocycles.